The number of H-pyrrole nitrogens is 1. The van der Waals surface area contributed by atoms with E-state index < -0.39 is 0 Å². The number of hydrogen-bond donors (Lipinski definition) is 3. The van der Waals surface area contributed by atoms with Crippen molar-refractivity contribution in [3.8, 4) is 12.3 Å². The molecule has 5 heteroatoms. The first kappa shape index (κ1) is 7.57. The van der Waals surface area contributed by atoms with Gasteiger partial charge in [0.25, 0.3) is 0 Å². The fourth-order valence-electron chi connectivity index (χ4n) is 0.677. The molecule has 58 valence electrons. The molecule has 5 N–H and O–H groups in total. The predicted octanol–water partition coefficient (Wildman–Crippen LogP) is -0.590. The molecule has 1 rings (SSSR count). The molecule has 0 aliphatic carbocycles. The van der Waals surface area contributed by atoms with Crippen molar-refractivity contribution >= 4 is 5.95 Å². The molecule has 0 saturated carbocycles. The molecule has 1 heterocycles. The lowest BCUT2D eigenvalue weighted by atomic mass is 10.2. The van der Waals surface area contributed by atoms with Crippen LogP contribution in [0.5, 0.6) is 0 Å². The van der Waals surface area contributed by atoms with Gasteiger partial charge in [0, 0.05) is 6.42 Å². The van der Waals surface area contributed by atoms with Gasteiger partial charge in [0.1, 0.15) is 5.82 Å². The minimum absolute atomic E-state index is 0.187. The number of nitrogens with one attached hydrogen (secondary N) is 1. The summed E-state index contributed by atoms with van der Waals surface area (Å²) in [4.78, 5) is 3.82. The van der Waals surface area contributed by atoms with Crippen LogP contribution in [0.4, 0.5) is 5.95 Å². The van der Waals surface area contributed by atoms with Crippen molar-refractivity contribution in [1.29, 1.82) is 0 Å². The summed E-state index contributed by atoms with van der Waals surface area (Å²) in [5.74, 6) is 3.14. The number of nitrogens with zero attached hydrogens (tertiary/aromatic N) is 2. The van der Waals surface area contributed by atoms with Gasteiger partial charge in [-0.25, -0.2) is 0 Å². The molecule has 1 aromatic heterocycles. The van der Waals surface area contributed by atoms with E-state index in [9.17, 15) is 0 Å². The highest BCUT2D eigenvalue weighted by atomic mass is 15.3. The molecule has 11 heavy (non-hydrogen) atoms. The molecule has 0 aromatic carbocycles. The lowest BCUT2D eigenvalue weighted by Crippen LogP contribution is -2.11. The zero-order valence-electron chi connectivity index (χ0n) is 5.91. The van der Waals surface area contributed by atoms with Gasteiger partial charge >= 0.3 is 0 Å². The highest BCUT2D eigenvalue weighted by molar-refractivity contribution is 5.14. The Kier molecular flexibility index (Phi) is 2.09. The predicted molar refractivity (Wildman–Crippen MR) is 41.2 cm³/mol. The fourth-order valence-corrected chi connectivity index (χ4v) is 0.677. The zero-order valence-corrected chi connectivity index (χ0v) is 5.91. The van der Waals surface area contributed by atoms with Gasteiger partial charge in [0.05, 0.1) is 6.04 Å². The molecular weight excluding hydrogens is 142 g/mol. The number of aromatic nitrogens is 3. The molecule has 5 nitrogen and oxygen atoms in total. The van der Waals surface area contributed by atoms with Gasteiger partial charge in [-0.2, -0.15) is 4.98 Å². The Hall–Kier alpha value is -1.54. The number of aromatic amines is 1. The number of anilines is 1. The third-order valence-electron chi connectivity index (χ3n) is 1.21. The van der Waals surface area contributed by atoms with Crippen LogP contribution in [0.3, 0.4) is 0 Å². The van der Waals surface area contributed by atoms with Crippen LogP contribution in [0.1, 0.15) is 18.3 Å². The average Bonchev–Trinajstić information content (AvgIpc) is 2.36. The van der Waals surface area contributed by atoms with Crippen LogP contribution in [0.25, 0.3) is 0 Å². The molecule has 0 aliphatic rings. The molecule has 1 atom stereocenters. The molecule has 0 radical (unpaired) electrons. The van der Waals surface area contributed by atoms with E-state index in [2.05, 4.69) is 21.1 Å². The molecular formula is C6H9N5. The van der Waals surface area contributed by atoms with Crippen LogP contribution in [-0.4, -0.2) is 15.2 Å². The van der Waals surface area contributed by atoms with Crippen LogP contribution in [0, 0.1) is 12.3 Å². The summed E-state index contributed by atoms with van der Waals surface area (Å²) in [6.45, 7) is 0. The van der Waals surface area contributed by atoms with E-state index in [-0.39, 0.29) is 12.0 Å². The quantitative estimate of drug-likeness (QED) is 0.492. The Labute approximate surface area is 64.2 Å². The molecule has 0 fully saturated rings. The minimum Gasteiger partial charge on any atom is -0.367 e. The van der Waals surface area contributed by atoms with Crippen molar-refractivity contribution in [1.82, 2.24) is 15.2 Å². The van der Waals surface area contributed by atoms with Gasteiger partial charge in [-0.3, -0.25) is 5.10 Å². The van der Waals surface area contributed by atoms with Crippen molar-refractivity contribution in [3.05, 3.63) is 5.82 Å². The number of nitrogen functional groups attached to an aromatic ring is 1. The second-order valence-electron chi connectivity index (χ2n) is 2.09. The molecule has 0 spiro atoms. The Morgan fingerprint density at radius 2 is 2.45 bits per heavy atom. The zero-order chi connectivity index (χ0) is 8.27. The lowest BCUT2D eigenvalue weighted by Gasteiger charge is -2.00. The molecule has 0 amide bonds. The first-order chi connectivity index (χ1) is 5.24. The van der Waals surface area contributed by atoms with Crippen LogP contribution in [-0.2, 0) is 0 Å². The van der Waals surface area contributed by atoms with E-state index in [4.69, 9.17) is 17.9 Å². The van der Waals surface area contributed by atoms with E-state index in [0.29, 0.717) is 12.2 Å². The summed E-state index contributed by atoms with van der Waals surface area (Å²) in [6.07, 6.45) is 5.48. The lowest BCUT2D eigenvalue weighted by molar-refractivity contribution is 0.696. The Morgan fingerprint density at radius 3 is 2.91 bits per heavy atom. The Bertz CT molecular complexity index is 271. The van der Waals surface area contributed by atoms with Gasteiger partial charge in [-0.05, 0) is 0 Å². The van der Waals surface area contributed by atoms with Crippen LogP contribution < -0.4 is 11.5 Å². The minimum atomic E-state index is -0.301. The number of nitrogens with two attached hydrogens (primary N) is 2. The molecule has 0 aliphatic heterocycles. The molecule has 0 saturated heterocycles. The highest BCUT2D eigenvalue weighted by Crippen LogP contribution is 2.07. The summed E-state index contributed by atoms with van der Waals surface area (Å²) in [6, 6.07) is -0.301. The topological polar surface area (TPSA) is 93.6 Å². The number of hydrogen-bond acceptors (Lipinski definition) is 4. The Balaban J connectivity index is 2.70. The smallest absolute Gasteiger partial charge is 0.239 e. The summed E-state index contributed by atoms with van der Waals surface area (Å²) in [5, 5.41) is 6.20. The van der Waals surface area contributed by atoms with Crippen LogP contribution >= 0.6 is 0 Å². The first-order valence-corrected chi connectivity index (χ1v) is 3.11. The van der Waals surface area contributed by atoms with Crippen molar-refractivity contribution in [2.24, 2.45) is 5.73 Å². The van der Waals surface area contributed by atoms with E-state index >= 15 is 0 Å². The summed E-state index contributed by atoms with van der Waals surface area (Å²) in [5.41, 5.74) is 10.8. The maximum atomic E-state index is 5.59. The van der Waals surface area contributed by atoms with Crippen molar-refractivity contribution in [2.45, 2.75) is 12.5 Å². The monoisotopic (exact) mass is 151 g/mol. The summed E-state index contributed by atoms with van der Waals surface area (Å²) in [7, 11) is 0. The second kappa shape index (κ2) is 3.03. The maximum absolute atomic E-state index is 5.59. The van der Waals surface area contributed by atoms with Crippen molar-refractivity contribution < 1.29 is 0 Å². The van der Waals surface area contributed by atoms with Gasteiger partial charge in [0.15, 0.2) is 0 Å². The van der Waals surface area contributed by atoms with E-state index in [1.165, 1.54) is 0 Å². The second-order valence-corrected chi connectivity index (χ2v) is 2.09. The maximum Gasteiger partial charge on any atom is 0.239 e. The van der Waals surface area contributed by atoms with Gasteiger partial charge in [0.2, 0.25) is 5.95 Å². The molecule has 1 aromatic rings. The molecule has 1 unspecified atom stereocenters. The van der Waals surface area contributed by atoms with Gasteiger partial charge in [-0.15, -0.1) is 17.4 Å². The average molecular weight is 151 g/mol. The summed E-state index contributed by atoms with van der Waals surface area (Å²) >= 11 is 0. The highest BCUT2D eigenvalue weighted by Gasteiger charge is 2.07. The van der Waals surface area contributed by atoms with Crippen LogP contribution in [0.15, 0.2) is 0 Å². The van der Waals surface area contributed by atoms with Gasteiger partial charge in [-0.1, -0.05) is 0 Å². The SMILES string of the molecule is C#CCC(N)c1nc(N)n[nH]1. The fraction of sp³-hybridized carbons (Fsp3) is 0.333. The summed E-state index contributed by atoms with van der Waals surface area (Å²) < 4.78 is 0. The van der Waals surface area contributed by atoms with E-state index in [1.54, 1.807) is 0 Å². The van der Waals surface area contributed by atoms with Gasteiger partial charge < -0.3 is 11.5 Å². The van der Waals surface area contributed by atoms with Crippen molar-refractivity contribution in [3.63, 3.8) is 0 Å². The third kappa shape index (κ3) is 1.69. The standard InChI is InChI=1S/C6H9N5/c1-2-3-4(7)5-9-6(8)11-10-5/h1,4H,3,7H2,(H3,8,9,10,11). The first-order valence-electron chi connectivity index (χ1n) is 3.11. The third-order valence-corrected chi connectivity index (χ3v) is 1.21. The van der Waals surface area contributed by atoms with E-state index in [0.717, 1.165) is 0 Å². The normalized spacial score (nSPS) is 12.4. The number of rotatable bonds is 2. The molecule has 0 bridgehead atoms. The van der Waals surface area contributed by atoms with E-state index in [1.807, 2.05) is 0 Å². The largest absolute Gasteiger partial charge is 0.367 e. The number of terminal acetylenes is 1. The van der Waals surface area contributed by atoms with Crippen LogP contribution in [0.2, 0.25) is 0 Å². The van der Waals surface area contributed by atoms with Crippen molar-refractivity contribution in [2.75, 3.05) is 5.73 Å². The Morgan fingerprint density at radius 1 is 1.73 bits per heavy atom.